The van der Waals surface area contributed by atoms with Gasteiger partial charge in [-0.15, -0.1) is 6.58 Å². The highest BCUT2D eigenvalue weighted by Gasteiger charge is 2.29. The van der Waals surface area contributed by atoms with Crippen LogP contribution in [0.15, 0.2) is 96.7 Å². The predicted molar refractivity (Wildman–Crippen MR) is 132 cm³/mol. The highest BCUT2D eigenvalue weighted by atomic mass is 16.5. The number of allylic oxidation sites excluding steroid dienone is 9. The fraction of sp³-hybridized carbons (Fsp3) is 0.393. The van der Waals surface area contributed by atoms with Gasteiger partial charge in [0.15, 0.2) is 0 Å². The van der Waals surface area contributed by atoms with Gasteiger partial charge in [-0.1, -0.05) is 71.4 Å². The van der Waals surface area contributed by atoms with E-state index in [4.69, 9.17) is 4.74 Å². The molecule has 0 aromatic rings. The minimum Gasteiger partial charge on any atom is -0.461 e. The van der Waals surface area contributed by atoms with E-state index in [1.165, 1.54) is 6.92 Å². The van der Waals surface area contributed by atoms with E-state index < -0.39 is 0 Å². The van der Waals surface area contributed by atoms with E-state index in [1.807, 2.05) is 26.8 Å². The zero-order valence-corrected chi connectivity index (χ0v) is 19.9. The maximum absolute atomic E-state index is 11.1. The molecule has 0 amide bonds. The molecule has 1 rings (SSSR count). The molecule has 0 aromatic carbocycles. The first-order valence-corrected chi connectivity index (χ1v) is 10.5. The van der Waals surface area contributed by atoms with Gasteiger partial charge in [0.2, 0.25) is 0 Å². The van der Waals surface area contributed by atoms with E-state index >= 15 is 0 Å². The van der Waals surface area contributed by atoms with Crippen molar-refractivity contribution in [2.75, 3.05) is 6.61 Å². The normalized spacial score (nSPS) is 20.7. The van der Waals surface area contributed by atoms with Crippen LogP contribution in [0.3, 0.4) is 0 Å². The van der Waals surface area contributed by atoms with E-state index in [1.54, 1.807) is 6.08 Å². The zero-order chi connectivity index (χ0) is 23.5. The molecule has 0 saturated heterocycles. The number of hydrogen-bond donors (Lipinski definition) is 0. The Morgan fingerprint density at radius 3 is 2.20 bits per heavy atom. The second-order valence-corrected chi connectivity index (χ2v) is 8.13. The van der Waals surface area contributed by atoms with Gasteiger partial charge in [-0.05, 0) is 72.1 Å². The van der Waals surface area contributed by atoms with Crippen LogP contribution in [0.4, 0.5) is 0 Å². The SMILES string of the molecule is C=C(/C=C(/COC(C)=O)C(=C)CC)C(=C)/C(C)=C\C(=C)[C@@]1(C)C=CC(C)C1.C=CC. The monoisotopic (exact) mass is 408 g/mol. The Morgan fingerprint density at radius 1 is 1.20 bits per heavy atom. The minimum absolute atomic E-state index is 0.00485. The van der Waals surface area contributed by atoms with E-state index in [-0.39, 0.29) is 18.0 Å². The Kier molecular flexibility index (Phi) is 11.7. The summed E-state index contributed by atoms with van der Waals surface area (Å²) in [5.74, 6) is 0.263. The molecule has 0 N–H and O–H groups in total. The molecule has 1 aliphatic carbocycles. The van der Waals surface area contributed by atoms with Crippen molar-refractivity contribution in [3.63, 3.8) is 0 Å². The molecule has 0 spiro atoms. The summed E-state index contributed by atoms with van der Waals surface area (Å²) in [7, 11) is 0. The van der Waals surface area contributed by atoms with Gasteiger partial charge in [-0.2, -0.15) is 0 Å². The van der Waals surface area contributed by atoms with E-state index in [2.05, 4.69) is 65.0 Å². The third-order valence-corrected chi connectivity index (χ3v) is 5.19. The van der Waals surface area contributed by atoms with Gasteiger partial charge in [0.1, 0.15) is 6.61 Å². The lowest BCUT2D eigenvalue weighted by Crippen LogP contribution is -2.13. The summed E-state index contributed by atoms with van der Waals surface area (Å²) in [5.41, 5.74) is 5.53. The number of carbonyl (C=O) groups excluding carboxylic acids is 1. The van der Waals surface area contributed by atoms with Crippen molar-refractivity contribution in [3.05, 3.63) is 96.7 Å². The summed E-state index contributed by atoms with van der Waals surface area (Å²) in [5, 5.41) is 0. The molecular formula is C28H40O2. The second kappa shape index (κ2) is 12.8. The molecule has 0 aliphatic heterocycles. The number of hydrogen-bond acceptors (Lipinski definition) is 2. The first-order chi connectivity index (χ1) is 13.9. The van der Waals surface area contributed by atoms with Gasteiger partial charge < -0.3 is 4.74 Å². The average Bonchev–Trinajstić information content (AvgIpc) is 3.04. The molecular weight excluding hydrogens is 368 g/mol. The Balaban J connectivity index is 0.00000263. The predicted octanol–water partition coefficient (Wildman–Crippen LogP) is 7.85. The van der Waals surface area contributed by atoms with Crippen molar-refractivity contribution in [2.24, 2.45) is 11.3 Å². The summed E-state index contributed by atoms with van der Waals surface area (Å²) in [6.07, 6.45) is 12.1. The fourth-order valence-electron chi connectivity index (χ4n) is 3.14. The second-order valence-electron chi connectivity index (χ2n) is 8.13. The van der Waals surface area contributed by atoms with Gasteiger partial charge in [0, 0.05) is 12.3 Å². The number of rotatable bonds is 9. The van der Waals surface area contributed by atoms with E-state index in [0.29, 0.717) is 5.92 Å². The number of ether oxygens (including phenoxy) is 1. The van der Waals surface area contributed by atoms with Gasteiger partial charge in [-0.25, -0.2) is 0 Å². The third kappa shape index (κ3) is 8.82. The minimum atomic E-state index is -0.311. The maximum atomic E-state index is 11.1. The molecule has 0 aromatic heterocycles. The molecule has 1 unspecified atom stereocenters. The molecule has 164 valence electrons. The van der Waals surface area contributed by atoms with Crippen LogP contribution in [-0.2, 0) is 9.53 Å². The molecule has 0 bridgehead atoms. The van der Waals surface area contributed by atoms with Gasteiger partial charge >= 0.3 is 5.97 Å². The summed E-state index contributed by atoms with van der Waals surface area (Å²) in [6, 6.07) is 0. The highest BCUT2D eigenvalue weighted by Crippen LogP contribution is 2.41. The van der Waals surface area contributed by atoms with Gasteiger partial charge in [-0.3, -0.25) is 4.79 Å². The van der Waals surface area contributed by atoms with Gasteiger partial charge in [0.25, 0.3) is 0 Å². The lowest BCUT2D eigenvalue weighted by Gasteiger charge is -2.24. The van der Waals surface area contributed by atoms with Crippen LogP contribution in [0.5, 0.6) is 0 Å². The Bertz CT molecular complexity index is 785. The van der Waals surface area contributed by atoms with E-state index in [9.17, 15) is 4.79 Å². The number of carbonyl (C=O) groups is 1. The smallest absolute Gasteiger partial charge is 0.302 e. The Morgan fingerprint density at radius 2 is 1.77 bits per heavy atom. The van der Waals surface area contributed by atoms with Crippen molar-refractivity contribution in [3.8, 4) is 0 Å². The van der Waals surface area contributed by atoms with Crippen LogP contribution in [0, 0.1) is 11.3 Å². The molecule has 30 heavy (non-hydrogen) atoms. The largest absolute Gasteiger partial charge is 0.461 e. The zero-order valence-electron chi connectivity index (χ0n) is 19.9. The average molecular weight is 409 g/mol. The van der Waals surface area contributed by atoms with Crippen LogP contribution in [0.25, 0.3) is 0 Å². The van der Waals surface area contributed by atoms with Crippen LogP contribution < -0.4 is 0 Å². The van der Waals surface area contributed by atoms with Crippen molar-refractivity contribution < 1.29 is 9.53 Å². The summed E-state index contributed by atoms with van der Waals surface area (Å²) in [4.78, 5) is 11.1. The van der Waals surface area contributed by atoms with E-state index in [0.717, 1.165) is 46.3 Å². The topological polar surface area (TPSA) is 26.3 Å². The summed E-state index contributed by atoms with van der Waals surface area (Å²) < 4.78 is 5.15. The fourth-order valence-corrected chi connectivity index (χ4v) is 3.14. The Labute approximate surface area is 184 Å². The van der Waals surface area contributed by atoms with Crippen LogP contribution in [-0.4, -0.2) is 12.6 Å². The lowest BCUT2D eigenvalue weighted by molar-refractivity contribution is -0.139. The molecule has 0 radical (unpaired) electrons. The molecule has 2 atom stereocenters. The first-order valence-electron chi connectivity index (χ1n) is 10.5. The standard InChI is InChI=1S/C25H34O2.C3H6/c1-10-18(3)24(16-27-23(8)26)14-20(5)22(7)19(4)13-21(6)25(9)12-11-17(2)15-25;1-3-2/h11-14,17H,3,5-7,10,15-16H2,1-2,4,8-9H3;3H,1H2,2H3/b19-13-,24-14-;/t17?,25-;/m0./s1. The van der Waals surface area contributed by atoms with Gasteiger partial charge in [0.05, 0.1) is 0 Å². The highest BCUT2D eigenvalue weighted by molar-refractivity contribution is 5.66. The number of esters is 1. The lowest BCUT2D eigenvalue weighted by atomic mass is 9.79. The quantitative estimate of drug-likeness (QED) is 0.220. The van der Waals surface area contributed by atoms with Crippen molar-refractivity contribution >= 4 is 5.97 Å². The van der Waals surface area contributed by atoms with Crippen molar-refractivity contribution in [1.82, 2.24) is 0 Å². The molecule has 2 heteroatoms. The Hall–Kier alpha value is -2.61. The molecule has 0 saturated carbocycles. The van der Waals surface area contributed by atoms with Crippen LogP contribution in [0.2, 0.25) is 0 Å². The summed E-state index contributed by atoms with van der Waals surface area (Å²) in [6.45, 7) is 32.0. The molecule has 0 heterocycles. The van der Waals surface area contributed by atoms with Crippen LogP contribution >= 0.6 is 0 Å². The molecule has 2 nitrogen and oxygen atoms in total. The van der Waals surface area contributed by atoms with Crippen molar-refractivity contribution in [1.29, 1.82) is 0 Å². The van der Waals surface area contributed by atoms with Crippen molar-refractivity contribution in [2.45, 2.75) is 54.4 Å². The third-order valence-electron chi connectivity index (χ3n) is 5.19. The summed E-state index contributed by atoms with van der Waals surface area (Å²) >= 11 is 0. The maximum Gasteiger partial charge on any atom is 0.302 e. The first kappa shape index (κ1) is 27.4. The van der Waals surface area contributed by atoms with Crippen LogP contribution in [0.1, 0.15) is 54.4 Å². The molecule has 0 fully saturated rings. The molecule has 1 aliphatic rings.